The molecule has 1 aliphatic heterocycles. The summed E-state index contributed by atoms with van der Waals surface area (Å²) < 4.78 is 28.7. The molecule has 18 heavy (non-hydrogen) atoms. The van der Waals surface area contributed by atoms with E-state index in [2.05, 4.69) is 4.72 Å². The van der Waals surface area contributed by atoms with Crippen LogP contribution in [0.1, 0.15) is 44.9 Å². The van der Waals surface area contributed by atoms with E-state index < -0.39 is 15.7 Å². The highest BCUT2D eigenvalue weighted by atomic mass is 32.2. The van der Waals surface area contributed by atoms with Gasteiger partial charge in [0.1, 0.15) is 5.84 Å². The maximum Gasteiger partial charge on any atom is 0.280 e. The van der Waals surface area contributed by atoms with Gasteiger partial charge in [0.25, 0.3) is 10.2 Å². The van der Waals surface area contributed by atoms with Gasteiger partial charge in [0, 0.05) is 13.1 Å². The van der Waals surface area contributed by atoms with Gasteiger partial charge in [-0.25, -0.2) is 0 Å². The fourth-order valence-electron chi connectivity index (χ4n) is 2.82. The normalized spacial score (nSPS) is 25.1. The van der Waals surface area contributed by atoms with Crippen molar-refractivity contribution in [1.29, 1.82) is 5.41 Å². The van der Waals surface area contributed by atoms with Crippen LogP contribution in [0.5, 0.6) is 0 Å². The summed E-state index contributed by atoms with van der Waals surface area (Å²) >= 11 is 0. The molecule has 0 unspecified atom stereocenters. The van der Waals surface area contributed by atoms with E-state index in [1.54, 1.807) is 0 Å². The zero-order valence-electron chi connectivity index (χ0n) is 10.6. The predicted octanol–water partition coefficient (Wildman–Crippen LogP) is 0.555. The molecule has 0 radical (unpaired) electrons. The molecule has 1 aliphatic carbocycles. The van der Waals surface area contributed by atoms with Gasteiger partial charge in [-0.05, 0) is 25.7 Å². The maximum atomic E-state index is 12.3. The molecule has 2 aliphatic rings. The minimum Gasteiger partial charge on any atom is -0.386 e. The molecular formula is C11H22N4O2S. The first-order valence-corrected chi connectivity index (χ1v) is 8.04. The molecular weight excluding hydrogens is 252 g/mol. The first kappa shape index (κ1) is 13.8. The SMILES string of the molecule is N=C(N)C1(NS(=O)(=O)N2CCCC2)CCCCC1. The second-order valence-electron chi connectivity index (χ2n) is 5.27. The summed E-state index contributed by atoms with van der Waals surface area (Å²) in [7, 11) is -3.50. The quantitative estimate of drug-likeness (QED) is 0.516. The highest BCUT2D eigenvalue weighted by Crippen LogP contribution is 2.29. The lowest BCUT2D eigenvalue weighted by atomic mass is 9.82. The van der Waals surface area contributed by atoms with E-state index in [1.807, 2.05) is 0 Å². The average Bonchev–Trinajstić information content (AvgIpc) is 2.83. The molecule has 104 valence electrons. The lowest BCUT2D eigenvalue weighted by Crippen LogP contribution is -2.60. The van der Waals surface area contributed by atoms with Crippen LogP contribution in [-0.4, -0.2) is 37.2 Å². The van der Waals surface area contributed by atoms with Crippen molar-refractivity contribution in [3.8, 4) is 0 Å². The molecule has 1 heterocycles. The third-order valence-electron chi connectivity index (χ3n) is 3.95. The van der Waals surface area contributed by atoms with Crippen molar-refractivity contribution in [2.24, 2.45) is 5.73 Å². The van der Waals surface area contributed by atoms with Crippen LogP contribution in [0, 0.1) is 5.41 Å². The Morgan fingerprint density at radius 2 is 1.67 bits per heavy atom. The number of hydrogen-bond donors (Lipinski definition) is 3. The van der Waals surface area contributed by atoms with Gasteiger partial charge in [0.15, 0.2) is 0 Å². The molecule has 0 amide bonds. The van der Waals surface area contributed by atoms with E-state index in [0.717, 1.165) is 32.1 Å². The van der Waals surface area contributed by atoms with E-state index >= 15 is 0 Å². The van der Waals surface area contributed by atoms with Crippen LogP contribution in [0.3, 0.4) is 0 Å². The van der Waals surface area contributed by atoms with Crippen LogP contribution in [-0.2, 0) is 10.2 Å². The predicted molar refractivity (Wildman–Crippen MR) is 70.6 cm³/mol. The van der Waals surface area contributed by atoms with Gasteiger partial charge in [-0.3, -0.25) is 5.41 Å². The minimum atomic E-state index is -3.50. The van der Waals surface area contributed by atoms with E-state index in [9.17, 15) is 8.42 Å². The highest BCUT2D eigenvalue weighted by molar-refractivity contribution is 7.87. The lowest BCUT2D eigenvalue weighted by Gasteiger charge is -2.37. The Hall–Kier alpha value is -0.660. The maximum absolute atomic E-state index is 12.3. The second kappa shape index (κ2) is 5.14. The molecule has 6 nitrogen and oxygen atoms in total. The molecule has 2 rings (SSSR count). The van der Waals surface area contributed by atoms with Crippen LogP contribution in [0.4, 0.5) is 0 Å². The third-order valence-corrected chi connectivity index (χ3v) is 5.65. The fourth-order valence-corrected chi connectivity index (χ4v) is 4.50. The smallest absolute Gasteiger partial charge is 0.280 e. The number of nitrogens with zero attached hydrogens (tertiary/aromatic N) is 1. The Bertz CT molecular complexity index is 409. The van der Waals surface area contributed by atoms with Gasteiger partial charge < -0.3 is 5.73 Å². The van der Waals surface area contributed by atoms with Crippen LogP contribution in [0.2, 0.25) is 0 Å². The number of nitrogens with two attached hydrogens (primary N) is 1. The summed E-state index contributed by atoms with van der Waals surface area (Å²) in [5.74, 6) is -0.0510. The van der Waals surface area contributed by atoms with Gasteiger partial charge in [0.2, 0.25) is 0 Å². The summed E-state index contributed by atoms with van der Waals surface area (Å²) in [5.41, 5.74) is 4.80. The largest absolute Gasteiger partial charge is 0.386 e. The average molecular weight is 274 g/mol. The monoisotopic (exact) mass is 274 g/mol. The van der Waals surface area contributed by atoms with E-state index in [1.165, 1.54) is 4.31 Å². The van der Waals surface area contributed by atoms with E-state index in [-0.39, 0.29) is 5.84 Å². The van der Waals surface area contributed by atoms with Crippen molar-refractivity contribution in [2.75, 3.05) is 13.1 Å². The van der Waals surface area contributed by atoms with E-state index in [4.69, 9.17) is 11.1 Å². The second-order valence-corrected chi connectivity index (χ2v) is 6.94. The van der Waals surface area contributed by atoms with Gasteiger partial charge >= 0.3 is 0 Å². The number of hydrogen-bond acceptors (Lipinski definition) is 3. The van der Waals surface area contributed by atoms with Gasteiger partial charge in [-0.15, -0.1) is 0 Å². The fraction of sp³-hybridized carbons (Fsp3) is 0.909. The van der Waals surface area contributed by atoms with Gasteiger partial charge in [-0.2, -0.15) is 17.4 Å². The summed E-state index contributed by atoms with van der Waals surface area (Å²) in [6.07, 6.45) is 6.01. The first-order chi connectivity index (χ1) is 8.46. The molecule has 4 N–H and O–H groups in total. The highest BCUT2D eigenvalue weighted by Gasteiger charge is 2.41. The van der Waals surface area contributed by atoms with Crippen molar-refractivity contribution in [2.45, 2.75) is 50.5 Å². The van der Waals surface area contributed by atoms with Crippen molar-refractivity contribution in [3.05, 3.63) is 0 Å². The van der Waals surface area contributed by atoms with Crippen molar-refractivity contribution < 1.29 is 8.42 Å². The van der Waals surface area contributed by atoms with Gasteiger partial charge in [0.05, 0.1) is 5.54 Å². The minimum absolute atomic E-state index is 0.0510. The first-order valence-electron chi connectivity index (χ1n) is 6.60. The number of nitrogens with one attached hydrogen (secondary N) is 2. The zero-order chi connectivity index (χ0) is 13.2. The Morgan fingerprint density at radius 1 is 1.11 bits per heavy atom. The molecule has 0 spiro atoms. The molecule has 0 atom stereocenters. The zero-order valence-corrected chi connectivity index (χ0v) is 11.4. The van der Waals surface area contributed by atoms with Crippen molar-refractivity contribution >= 4 is 16.0 Å². The number of amidine groups is 1. The molecule has 1 saturated heterocycles. The molecule has 0 bridgehead atoms. The molecule has 0 aromatic heterocycles. The molecule has 1 saturated carbocycles. The Labute approximate surface area is 109 Å². The molecule has 0 aromatic carbocycles. The summed E-state index contributed by atoms with van der Waals surface area (Å²) in [6.45, 7) is 1.15. The van der Waals surface area contributed by atoms with Gasteiger partial charge in [-0.1, -0.05) is 19.3 Å². The molecule has 0 aromatic rings. The van der Waals surface area contributed by atoms with E-state index in [0.29, 0.717) is 25.9 Å². The lowest BCUT2D eigenvalue weighted by molar-refractivity contribution is 0.337. The van der Waals surface area contributed by atoms with Crippen LogP contribution < -0.4 is 10.5 Å². The summed E-state index contributed by atoms with van der Waals surface area (Å²) in [6, 6.07) is 0. The Balaban J connectivity index is 2.15. The third kappa shape index (κ3) is 2.67. The summed E-state index contributed by atoms with van der Waals surface area (Å²) in [5, 5.41) is 7.72. The van der Waals surface area contributed by atoms with Crippen LogP contribution >= 0.6 is 0 Å². The summed E-state index contributed by atoms with van der Waals surface area (Å²) in [4.78, 5) is 0. The number of rotatable bonds is 4. The van der Waals surface area contributed by atoms with Crippen molar-refractivity contribution in [1.82, 2.24) is 9.03 Å². The Kier molecular flexibility index (Phi) is 3.93. The molecule has 2 fully saturated rings. The molecule has 7 heteroatoms. The topological polar surface area (TPSA) is 99.3 Å². The Morgan fingerprint density at radius 3 is 2.17 bits per heavy atom. The standard InChI is InChI=1S/C11H22N4O2S/c12-10(13)11(6-2-1-3-7-11)14-18(16,17)15-8-4-5-9-15/h14H,1-9H2,(H3,12,13). The van der Waals surface area contributed by atoms with Crippen molar-refractivity contribution in [3.63, 3.8) is 0 Å². The van der Waals surface area contributed by atoms with Crippen LogP contribution in [0.25, 0.3) is 0 Å². The van der Waals surface area contributed by atoms with Crippen LogP contribution in [0.15, 0.2) is 0 Å².